The number of nitrogen functional groups attached to an aromatic ring is 6. The molecule has 65 nitrogen and oxygen atoms in total. The topological polar surface area (TPSA) is 937 Å². The van der Waals surface area contributed by atoms with E-state index in [1.54, 1.807) is 37.3 Å². The summed E-state index contributed by atoms with van der Waals surface area (Å²) in [6, 6.07) is 7.94. The molecule has 9 fully saturated rings. The van der Waals surface area contributed by atoms with Gasteiger partial charge in [-0.3, -0.25) is 102 Å². The molecule has 0 radical (unpaired) electrons. The number of rotatable bonds is 6. The summed E-state index contributed by atoms with van der Waals surface area (Å²) in [5.74, 6) is -0.510. The summed E-state index contributed by atoms with van der Waals surface area (Å²) in [7, 11) is -30.5. The number of aryl methyl sites for hydroxylation is 1. The van der Waals surface area contributed by atoms with Gasteiger partial charge in [0, 0.05) is 29.7 Å². The Hall–Kier alpha value is -10.0. The summed E-state index contributed by atoms with van der Waals surface area (Å²) in [4.78, 5) is 148. The zero-order chi connectivity index (χ0) is 96.4. The highest BCUT2D eigenvalue weighted by molar-refractivity contribution is 7.48. The molecule has 12 aromatic rings. The Morgan fingerprint density at radius 1 is 0.360 bits per heavy atom. The molecule has 9 aliphatic rings. The van der Waals surface area contributed by atoms with Gasteiger partial charge < -0.3 is 127 Å². The molecule has 0 aliphatic carbocycles. The van der Waals surface area contributed by atoms with Crippen LogP contribution in [0.2, 0.25) is 0 Å². The van der Waals surface area contributed by atoms with Gasteiger partial charge >= 0.3 is 46.9 Å². The van der Waals surface area contributed by atoms with E-state index in [-0.39, 0.29) is 79.8 Å². The lowest BCUT2D eigenvalue weighted by Gasteiger charge is -2.25. The first kappa shape index (κ1) is 94.9. The molecule has 0 spiro atoms. The number of fused-ring (bicyclic) bond motifs is 15. The maximum Gasteiger partial charge on any atom is 0.472 e. The summed E-state index contributed by atoms with van der Waals surface area (Å²) < 4.78 is 184. The highest BCUT2D eigenvalue weighted by Crippen LogP contribution is 2.59. The molecule has 136 heavy (non-hydrogen) atoms. The number of hydrogen-bond donors (Lipinski definition) is 21. The Bertz CT molecular complexity index is 6890. The van der Waals surface area contributed by atoms with E-state index in [4.69, 9.17) is 117 Å². The average Bonchev–Trinajstić information content (AvgIpc) is 1.59. The molecule has 21 heterocycles. The fraction of sp³-hybridized carbons (Fsp3) is 0.477. The van der Waals surface area contributed by atoms with Crippen LogP contribution in [0.25, 0.3) is 61.2 Å². The molecule has 0 amide bonds. The van der Waals surface area contributed by atoms with Crippen LogP contribution in [0.5, 0.6) is 0 Å². The van der Waals surface area contributed by atoms with E-state index in [1.165, 1.54) is 38.6 Å². The minimum atomic E-state index is -5.12. The number of pyridine rings is 1. The van der Waals surface area contributed by atoms with Gasteiger partial charge in [0.1, 0.15) is 133 Å². The van der Waals surface area contributed by atoms with Crippen molar-refractivity contribution < 1.29 is 170 Å². The maximum atomic E-state index is 13.2. The van der Waals surface area contributed by atoms with E-state index >= 15 is 0 Å². The normalized spacial score (nSPS) is 37.5. The first-order chi connectivity index (χ1) is 64.3. The molecule has 6 unspecified atom stereocenters. The summed E-state index contributed by atoms with van der Waals surface area (Å²) >= 11 is 0. The Kier molecular flexibility index (Phi) is 24.9. The van der Waals surface area contributed by atoms with Crippen molar-refractivity contribution >= 4 is 143 Å². The Balaban J connectivity index is 0.000000131. The predicted molar refractivity (Wildman–Crippen MR) is 443 cm³/mol. The number of imidazole rings is 4. The molecule has 9 saturated heterocycles. The van der Waals surface area contributed by atoms with Crippen LogP contribution in [-0.4, -0.2) is 307 Å². The molecule has 732 valence electrons. The molecule has 12 aromatic heterocycles. The predicted octanol–water partition coefficient (Wildman–Crippen LogP) is -4.46. The Labute approximate surface area is 752 Å². The standard InChI is InChI=1S/2C22H26N8O13P2.C21H26N10O13P2/c23-9-1-3-25-17-8(9)2-4-29(17)20-14(32)15-11(41-20)6-39-45(36,37)43-16-13(31)10(5-38-44(34,35)42-15)40-21(16)30-7-26-12-18(30)27-22(24)28-19(12)33;23-8-3-4-26-30-9(8)1-2-10(30)16-15(32)17-12(40-16)6-39-45(36,37)43-18-14(31)11(5-38-44(34,35)42-17)41-21(18)29-7-25-13-19(29)27-22(24)28-20(13)33;1-6-26-15(22)9-16(27-6)30(4-24-9)19-12(33)13-8(42-19)3-40-46(37,38)44-14-11(32)7(2-39-45(35,36)43-13)41-20(14)31-5-25-10-17(31)28-21(23)29-18(10)34/h1-4,7,10-11,13-16,20-21,31-32H,5-6H2,(H2,23,25)(H,34,35)(H,36,37)(H3,24,27,28,33);1-4,7,11-12,14-18,21,31-32H,5-6,23H2,(H,34,35)(H,36,37)(H3,24,27,28,33);4-5,7-8,11-14,19-20,32-33H,2-3H2,1H3,(H,35,36)(H,37,38)(H2,22,26,27)(H3,23,28,29,34)/t10-,11-,13-,14-,15-,16-,20-,21-;11-,12-,14-,15+,16+,17-,18-,21-;7-,8-,11-,12-,13-,14-,19-,20-/m111/s1. The second-order valence-electron chi connectivity index (χ2n) is 31.4. The summed E-state index contributed by atoms with van der Waals surface area (Å²) in [5, 5.41) is 71.3. The van der Waals surface area contributed by atoms with Crippen molar-refractivity contribution in [1.29, 1.82) is 0 Å². The second-order valence-corrected chi connectivity index (χ2v) is 39.8. The zero-order valence-electron chi connectivity index (χ0n) is 68.7. The maximum absolute atomic E-state index is 13.2. The number of nitrogens with two attached hydrogens (primary N) is 6. The zero-order valence-corrected chi connectivity index (χ0v) is 74.0. The van der Waals surface area contributed by atoms with Crippen LogP contribution in [-0.2, 0) is 110 Å². The van der Waals surface area contributed by atoms with Crippen LogP contribution in [0.4, 0.5) is 35.0 Å². The van der Waals surface area contributed by atoms with Crippen LogP contribution in [0, 0.1) is 6.92 Å². The SMILES string of the molecule is Cc1nc(N)c2ncn([C@@H]3O[C@@H]4COP(=O)(O)O[C@@H]5[C@H](O)[C@@H](COP(=O)(O)O[C@H]4[C@H]3O)O[C@H]5n3cnc4c(=O)[nH]c(N)nc43)c2n1.Nc1nc2c(ncn2[C@@H]2O[C@@H]3COP(=O)(O)O[C@H]4[C@@H](O)[C@H](c5ccc6c(N)ccnn56)O[C@@H]4COP(=O)(O)O[C@@H]2[C@@H]3O)c(=O)[nH]1.Nc1nc2c(ncn2[C@@H]2O[C@@H]3COP(=O)(O)O[C@H]4[C@@H](O)[C@H](n5ccc6c(N)ccnc65)O[C@@H]4COP(=O)(O)O[C@@H]2[C@@H]3O)c(=O)[nH]1. The van der Waals surface area contributed by atoms with Gasteiger partial charge in [-0.1, -0.05) is 0 Å². The molecule has 21 rings (SSSR count). The molecule has 30 atom stereocenters. The number of ether oxygens (including phenoxy) is 6. The van der Waals surface area contributed by atoms with Gasteiger partial charge in [0.15, 0.2) is 76.1 Å². The van der Waals surface area contributed by atoms with Gasteiger partial charge in [-0.2, -0.15) is 20.1 Å². The molecular weight excluding hydrogens is 1950 g/mol. The number of phosphoric acid groups is 6. The number of aliphatic hydroxyl groups is 6. The largest absolute Gasteiger partial charge is 0.472 e. The van der Waals surface area contributed by atoms with Gasteiger partial charge in [-0.05, 0) is 37.3 Å². The minimum Gasteiger partial charge on any atom is -0.398 e. The van der Waals surface area contributed by atoms with Crippen LogP contribution < -0.4 is 51.1 Å². The molecule has 9 aliphatic heterocycles. The number of nitrogens with zero attached hydrogens (tertiary/aromatic N) is 17. The van der Waals surface area contributed by atoms with E-state index in [1.807, 2.05) is 0 Å². The third-order valence-corrected chi connectivity index (χ3v) is 28.6. The third-order valence-electron chi connectivity index (χ3n) is 22.7. The first-order valence-corrected chi connectivity index (χ1v) is 48.8. The van der Waals surface area contributed by atoms with Gasteiger partial charge in [0.25, 0.3) is 16.7 Å². The quantitative estimate of drug-likeness (QED) is 0.0698. The molecule has 0 aromatic carbocycles. The molecule has 27 N–H and O–H groups in total. The number of nitrogens with one attached hydrogen (secondary N) is 3. The lowest BCUT2D eigenvalue weighted by atomic mass is 10.1. The van der Waals surface area contributed by atoms with Gasteiger partial charge in [-0.15, -0.1) is 0 Å². The van der Waals surface area contributed by atoms with Crippen molar-refractivity contribution in [1.82, 2.24) is 97.2 Å². The van der Waals surface area contributed by atoms with Crippen LogP contribution in [0.3, 0.4) is 0 Å². The van der Waals surface area contributed by atoms with Crippen molar-refractivity contribution in [2.45, 2.75) is 154 Å². The molecule has 0 saturated carbocycles. The highest BCUT2D eigenvalue weighted by atomic mass is 31.2. The number of aromatic amines is 3. The number of phosphoric ester groups is 6. The lowest BCUT2D eigenvalue weighted by molar-refractivity contribution is -0.0672. The Morgan fingerprint density at radius 2 is 0.706 bits per heavy atom. The monoisotopic (exact) mass is 2030 g/mol. The lowest BCUT2D eigenvalue weighted by Crippen LogP contribution is -2.36. The van der Waals surface area contributed by atoms with Crippen LogP contribution in [0.1, 0.15) is 48.8 Å². The average molecular weight is 2030 g/mol. The molecule has 71 heteroatoms. The number of H-pyrrole nitrogens is 3. The smallest absolute Gasteiger partial charge is 0.398 e. The van der Waals surface area contributed by atoms with Crippen molar-refractivity contribution in [2.75, 3.05) is 74.0 Å². The summed E-state index contributed by atoms with van der Waals surface area (Å²) in [6.07, 6.45) is -28.5. The number of anilines is 6. The van der Waals surface area contributed by atoms with Crippen molar-refractivity contribution in [2.24, 2.45) is 0 Å². The fourth-order valence-electron chi connectivity index (χ4n) is 16.5. The van der Waals surface area contributed by atoms with Crippen molar-refractivity contribution in [3.8, 4) is 0 Å². The number of aliphatic hydroxyl groups excluding tert-OH is 6. The van der Waals surface area contributed by atoms with E-state index in [0.29, 0.717) is 27.9 Å². The van der Waals surface area contributed by atoms with Crippen LogP contribution in [0.15, 0.2) is 88.6 Å². The number of hydrogen-bond acceptors (Lipinski definition) is 50. The molecule has 6 bridgehead atoms. The van der Waals surface area contributed by atoms with Crippen molar-refractivity contribution in [3.05, 3.63) is 117 Å². The van der Waals surface area contributed by atoms with E-state index in [9.17, 15) is 102 Å². The summed E-state index contributed by atoms with van der Waals surface area (Å²) in [5.41, 5.74) is 34.1. The van der Waals surface area contributed by atoms with E-state index in [0.717, 1.165) is 32.7 Å². The van der Waals surface area contributed by atoms with Gasteiger partial charge in [-0.25, -0.2) is 66.8 Å². The Morgan fingerprint density at radius 3 is 1.12 bits per heavy atom. The first-order valence-electron chi connectivity index (χ1n) is 39.9. The fourth-order valence-corrected chi connectivity index (χ4v) is 22.2. The minimum absolute atomic E-state index is 0.0505. The van der Waals surface area contributed by atoms with Crippen LogP contribution >= 0.6 is 46.9 Å². The van der Waals surface area contributed by atoms with E-state index in [2.05, 4.69) is 69.9 Å². The van der Waals surface area contributed by atoms with Gasteiger partial charge in [0.2, 0.25) is 17.8 Å². The van der Waals surface area contributed by atoms with E-state index < -0.39 is 250 Å². The number of aromatic nitrogens is 20. The van der Waals surface area contributed by atoms with Gasteiger partial charge in [0.05, 0.1) is 81.8 Å². The molecular formula is C65H78N26O39P6. The summed E-state index contributed by atoms with van der Waals surface area (Å²) in [6.45, 7) is -3.28. The van der Waals surface area contributed by atoms with Crippen molar-refractivity contribution in [3.63, 3.8) is 0 Å². The highest BCUT2D eigenvalue weighted by Gasteiger charge is 2.59. The third kappa shape index (κ3) is 18.1. The second kappa shape index (κ2) is 35.7.